The van der Waals surface area contributed by atoms with Crippen molar-refractivity contribution in [3.63, 3.8) is 0 Å². The molecular formula is C96H58N8O2S. The van der Waals surface area contributed by atoms with Crippen molar-refractivity contribution in [1.29, 1.82) is 0 Å². The van der Waals surface area contributed by atoms with Gasteiger partial charge in [0.05, 0.1) is 22.1 Å². The molecular weight excluding hydrogens is 1330 g/mol. The van der Waals surface area contributed by atoms with E-state index in [-0.39, 0.29) is 0 Å². The van der Waals surface area contributed by atoms with Crippen LogP contribution in [0.5, 0.6) is 0 Å². The third-order valence-electron chi connectivity index (χ3n) is 20.5. The monoisotopic (exact) mass is 1390 g/mol. The van der Waals surface area contributed by atoms with Crippen LogP contribution in [0.4, 0.5) is 0 Å². The van der Waals surface area contributed by atoms with E-state index in [0.29, 0.717) is 34.9 Å². The lowest BCUT2D eigenvalue weighted by molar-refractivity contribution is 0.668. The molecule has 0 fully saturated rings. The largest absolute Gasteiger partial charge is 0.456 e. The third kappa shape index (κ3) is 10.8. The fraction of sp³-hybridized carbons (Fsp3) is 0. The van der Waals surface area contributed by atoms with E-state index in [1.807, 2.05) is 78.9 Å². The van der Waals surface area contributed by atoms with E-state index >= 15 is 0 Å². The van der Waals surface area contributed by atoms with E-state index in [9.17, 15) is 0 Å². The number of benzene rings is 15. The van der Waals surface area contributed by atoms with Gasteiger partial charge in [0, 0.05) is 108 Å². The van der Waals surface area contributed by atoms with Gasteiger partial charge in [-0.15, -0.1) is 11.3 Å². The molecule has 11 heteroatoms. The lowest BCUT2D eigenvalue weighted by Gasteiger charge is -2.12. The quantitative estimate of drug-likeness (QED) is 0.133. The van der Waals surface area contributed by atoms with Crippen LogP contribution in [0.1, 0.15) is 0 Å². The molecule has 0 bridgehead atoms. The SMILES string of the molecule is c1cc(-c2cccc(-n3c4ccccc4c4ccccc43)c2)cc(-c2nc(-c3ccc4c(c3)oc3ccccc34)nc(-c3ccc4c(c3)oc3ccccc34)n2)c1.c1ccc(-c2nc(-c3ccc(-c4cccc(-n5c6ccccc6c6ccccc65)c4)cc3)nc(-c3ccc4c(c3)sc3ccccc34)n2)cc1. The van der Waals surface area contributed by atoms with Gasteiger partial charge in [-0.05, 0) is 125 Å². The van der Waals surface area contributed by atoms with Gasteiger partial charge in [0.25, 0.3) is 0 Å². The summed E-state index contributed by atoms with van der Waals surface area (Å²) >= 11 is 1.80. The zero-order valence-electron chi connectivity index (χ0n) is 57.3. The molecule has 0 atom stereocenters. The van der Waals surface area contributed by atoms with Crippen LogP contribution in [-0.2, 0) is 0 Å². The standard InChI is InChI=1S/C51H30N4O2.C45H28N4S/c1-5-19-43-37(15-1)38-16-2-6-20-44(38)55(43)36-14-10-12-32(28-36)31-11-9-13-33(27-31)49-52-50(34-23-25-41-39-17-3-7-21-45(39)56-47(41)29-34)54-51(53-49)35-24-26-42-40-18-4-8-22-46(40)57-48(42)30-35;1-2-11-30(12-3-1)43-46-44(48-45(47-43)33-25-26-38-37-17-6-9-20-41(37)50-42(38)28-33)31-23-21-29(22-24-31)32-13-10-14-34(27-32)49-39-18-7-4-15-35(39)36-16-5-8-19-40(36)49/h1-30H;1-28H. The Bertz CT molecular complexity index is 7050. The van der Waals surface area contributed by atoms with Gasteiger partial charge in [-0.3, -0.25) is 0 Å². The number of hydrogen-bond donors (Lipinski definition) is 0. The fourth-order valence-corrected chi connectivity index (χ4v) is 16.6. The first-order chi connectivity index (χ1) is 53.0. The van der Waals surface area contributed by atoms with Crippen molar-refractivity contribution < 1.29 is 8.83 Å². The average Bonchev–Trinajstić information content (AvgIpc) is 1.62. The Labute approximate surface area is 616 Å². The van der Waals surface area contributed by atoms with E-state index in [4.69, 9.17) is 38.7 Å². The van der Waals surface area contributed by atoms with Crippen molar-refractivity contribution in [2.45, 2.75) is 0 Å². The first-order valence-corrected chi connectivity index (χ1v) is 36.5. The van der Waals surface area contributed by atoms with Crippen molar-refractivity contribution in [2.75, 3.05) is 0 Å². The second-order valence-electron chi connectivity index (χ2n) is 26.9. The van der Waals surface area contributed by atoms with Crippen LogP contribution in [-0.4, -0.2) is 39.0 Å². The van der Waals surface area contributed by atoms with Crippen LogP contribution >= 0.6 is 11.3 Å². The molecule has 15 aromatic carbocycles. The van der Waals surface area contributed by atoms with Crippen LogP contribution in [0.2, 0.25) is 0 Å². The maximum Gasteiger partial charge on any atom is 0.164 e. The molecule has 0 unspecified atom stereocenters. The number of para-hydroxylation sites is 6. The lowest BCUT2D eigenvalue weighted by Crippen LogP contribution is -2.00. The van der Waals surface area contributed by atoms with Crippen molar-refractivity contribution >= 4 is 119 Å². The van der Waals surface area contributed by atoms with Gasteiger partial charge in [-0.25, -0.2) is 29.9 Å². The summed E-state index contributed by atoms with van der Waals surface area (Å²) in [6.07, 6.45) is 0. The molecule has 7 heterocycles. The first kappa shape index (κ1) is 61.4. The predicted octanol–water partition coefficient (Wildman–Crippen LogP) is 25.4. The number of hydrogen-bond acceptors (Lipinski definition) is 9. The third-order valence-corrected chi connectivity index (χ3v) is 21.6. The average molecular weight is 1390 g/mol. The summed E-state index contributed by atoms with van der Waals surface area (Å²) in [5.41, 5.74) is 20.1. The molecule has 500 valence electrons. The second kappa shape index (κ2) is 25.3. The van der Waals surface area contributed by atoms with Crippen molar-refractivity contribution in [1.82, 2.24) is 39.0 Å². The van der Waals surface area contributed by atoms with Gasteiger partial charge < -0.3 is 18.0 Å². The minimum atomic E-state index is 0.556. The molecule has 10 nitrogen and oxygen atoms in total. The molecule has 0 saturated carbocycles. The minimum Gasteiger partial charge on any atom is -0.456 e. The van der Waals surface area contributed by atoms with Gasteiger partial charge in [-0.1, -0.05) is 249 Å². The van der Waals surface area contributed by atoms with Gasteiger partial charge in [0.1, 0.15) is 22.3 Å². The molecule has 0 aliphatic heterocycles. The molecule has 0 saturated heterocycles. The number of fused-ring (bicyclic) bond motifs is 15. The topological polar surface area (TPSA) is 113 Å². The zero-order chi connectivity index (χ0) is 70.5. The number of nitrogens with zero attached hydrogens (tertiary/aromatic N) is 8. The normalized spacial score (nSPS) is 11.7. The summed E-state index contributed by atoms with van der Waals surface area (Å²) in [5.74, 6) is 3.66. The van der Waals surface area contributed by atoms with Crippen LogP contribution in [0.15, 0.2) is 361 Å². The molecule has 22 rings (SSSR count). The van der Waals surface area contributed by atoms with Crippen molar-refractivity contribution in [3.05, 3.63) is 352 Å². The fourth-order valence-electron chi connectivity index (χ4n) is 15.4. The Kier molecular flexibility index (Phi) is 14.5. The summed E-state index contributed by atoms with van der Waals surface area (Å²) < 4.78 is 19.8. The van der Waals surface area contributed by atoms with E-state index < -0.39 is 0 Å². The molecule has 107 heavy (non-hydrogen) atoms. The van der Waals surface area contributed by atoms with Gasteiger partial charge in [0.15, 0.2) is 34.9 Å². The highest BCUT2D eigenvalue weighted by atomic mass is 32.1. The van der Waals surface area contributed by atoms with E-state index in [1.54, 1.807) is 11.3 Å². The lowest BCUT2D eigenvalue weighted by atomic mass is 10.0. The predicted molar refractivity (Wildman–Crippen MR) is 439 cm³/mol. The highest BCUT2D eigenvalue weighted by molar-refractivity contribution is 7.25. The van der Waals surface area contributed by atoms with Gasteiger partial charge in [-0.2, -0.15) is 0 Å². The molecule has 0 aliphatic carbocycles. The van der Waals surface area contributed by atoms with Crippen LogP contribution < -0.4 is 0 Å². The minimum absolute atomic E-state index is 0.556. The molecule has 0 spiro atoms. The maximum atomic E-state index is 6.28. The summed E-state index contributed by atoms with van der Waals surface area (Å²) in [7, 11) is 0. The second-order valence-corrected chi connectivity index (χ2v) is 28.0. The van der Waals surface area contributed by atoms with Crippen LogP contribution in [0, 0.1) is 0 Å². The Morgan fingerprint density at radius 3 is 0.991 bits per heavy atom. The number of aromatic nitrogens is 8. The molecule has 7 aromatic heterocycles. The first-order valence-electron chi connectivity index (χ1n) is 35.7. The Morgan fingerprint density at radius 2 is 0.495 bits per heavy atom. The number of rotatable bonds is 10. The van der Waals surface area contributed by atoms with E-state index in [1.165, 1.54) is 63.8 Å². The zero-order valence-corrected chi connectivity index (χ0v) is 58.1. The van der Waals surface area contributed by atoms with Gasteiger partial charge >= 0.3 is 0 Å². The number of thiophene rings is 1. The van der Waals surface area contributed by atoms with Crippen LogP contribution in [0.25, 0.3) is 210 Å². The Morgan fingerprint density at radius 1 is 0.187 bits per heavy atom. The summed E-state index contributed by atoms with van der Waals surface area (Å²) in [6, 6.07) is 123. The van der Waals surface area contributed by atoms with Gasteiger partial charge in [0.2, 0.25) is 0 Å². The van der Waals surface area contributed by atoms with Crippen molar-refractivity contribution in [2.24, 2.45) is 0 Å². The molecule has 0 amide bonds. The number of furan rings is 2. The summed E-state index contributed by atoms with van der Waals surface area (Å²) in [6.45, 7) is 0. The Balaban J connectivity index is 0.000000138. The highest BCUT2D eigenvalue weighted by Gasteiger charge is 2.21. The Hall–Kier alpha value is -14.3. The summed E-state index contributed by atoms with van der Waals surface area (Å²) in [4.78, 5) is 30.3. The molecule has 0 aliphatic rings. The molecule has 22 aromatic rings. The van der Waals surface area contributed by atoms with E-state index in [2.05, 4.69) is 282 Å². The molecule has 0 N–H and O–H groups in total. The van der Waals surface area contributed by atoms with Crippen molar-refractivity contribution in [3.8, 4) is 102 Å². The maximum absolute atomic E-state index is 6.28. The summed E-state index contributed by atoms with van der Waals surface area (Å²) in [5, 5.41) is 11.8. The smallest absolute Gasteiger partial charge is 0.164 e. The highest BCUT2D eigenvalue weighted by Crippen LogP contribution is 2.41. The molecule has 0 radical (unpaired) electrons. The van der Waals surface area contributed by atoms with E-state index in [0.717, 1.165) is 111 Å². The van der Waals surface area contributed by atoms with Crippen LogP contribution in [0.3, 0.4) is 0 Å².